The molecule has 0 spiro atoms. The molecule has 1 aliphatic heterocycles. The van der Waals surface area contributed by atoms with E-state index in [9.17, 15) is 26.4 Å². The minimum Gasteiger partial charge on any atom is -0.451 e. The summed E-state index contributed by atoms with van der Waals surface area (Å²) in [6.07, 6.45) is 0. The number of furan rings is 1. The number of carbonyl (C=O) groups excluding carboxylic acids is 1. The molecule has 0 unspecified atom stereocenters. The van der Waals surface area contributed by atoms with Gasteiger partial charge in [0.2, 0.25) is 10.0 Å². The zero-order chi connectivity index (χ0) is 21.6. The van der Waals surface area contributed by atoms with Gasteiger partial charge in [0.1, 0.15) is 10.5 Å². The summed E-state index contributed by atoms with van der Waals surface area (Å²) in [5, 5.41) is 0.816. The van der Waals surface area contributed by atoms with Gasteiger partial charge >= 0.3 is 0 Å². The number of amides is 1. The number of benzene rings is 2. The molecule has 3 aromatic rings. The summed E-state index contributed by atoms with van der Waals surface area (Å²) >= 11 is 0. The first-order valence-electron chi connectivity index (χ1n) is 9.13. The number of hydrogen-bond donors (Lipinski definition) is 0. The number of carbonyl (C=O) groups is 1. The lowest BCUT2D eigenvalue weighted by molar-refractivity contribution is 0.0667. The molecule has 2 heterocycles. The van der Waals surface area contributed by atoms with E-state index in [1.54, 1.807) is 19.1 Å². The molecule has 0 N–H and O–H groups in total. The highest BCUT2D eigenvalue weighted by molar-refractivity contribution is 7.89. The summed E-state index contributed by atoms with van der Waals surface area (Å²) < 4.78 is 72.5. The van der Waals surface area contributed by atoms with Crippen LogP contribution in [-0.4, -0.2) is 49.7 Å². The molecule has 1 fully saturated rings. The number of piperazine rings is 1. The molecule has 0 saturated carbocycles. The van der Waals surface area contributed by atoms with Gasteiger partial charge in [0.25, 0.3) is 5.91 Å². The molecule has 4 rings (SSSR count). The fourth-order valence-electron chi connectivity index (χ4n) is 3.50. The van der Waals surface area contributed by atoms with E-state index in [-0.39, 0.29) is 37.8 Å². The standard InChI is InChI=1S/C20H17F3N2O4S/c1-12-13-4-2-3-5-15(13)29-19(12)20(26)24-8-10-25(11-9-24)30(27,28)16-7-6-14(21)17(22)18(16)23/h2-7H,8-11H2,1H3. The molecule has 30 heavy (non-hydrogen) atoms. The van der Waals surface area contributed by atoms with Crippen molar-refractivity contribution < 1.29 is 30.8 Å². The molecule has 1 saturated heterocycles. The predicted molar refractivity (Wildman–Crippen MR) is 102 cm³/mol. The van der Waals surface area contributed by atoms with Crippen LogP contribution in [0.3, 0.4) is 0 Å². The molecule has 1 amide bonds. The van der Waals surface area contributed by atoms with Gasteiger partial charge in [-0.3, -0.25) is 4.79 Å². The Hall–Kier alpha value is -2.85. The van der Waals surface area contributed by atoms with Crippen molar-refractivity contribution in [3.8, 4) is 0 Å². The van der Waals surface area contributed by atoms with Crippen LogP contribution in [0.1, 0.15) is 16.1 Å². The summed E-state index contributed by atoms with van der Waals surface area (Å²) in [7, 11) is -4.38. The maximum Gasteiger partial charge on any atom is 0.289 e. The first-order valence-corrected chi connectivity index (χ1v) is 10.6. The molecule has 0 aliphatic carbocycles. The van der Waals surface area contributed by atoms with Gasteiger partial charge < -0.3 is 9.32 Å². The molecular formula is C20H17F3N2O4S. The second-order valence-electron chi connectivity index (χ2n) is 6.92. The third-order valence-electron chi connectivity index (χ3n) is 5.18. The second-order valence-corrected chi connectivity index (χ2v) is 8.83. The Kier molecular flexibility index (Phi) is 5.07. The van der Waals surface area contributed by atoms with Crippen LogP contribution >= 0.6 is 0 Å². The van der Waals surface area contributed by atoms with E-state index >= 15 is 0 Å². The summed E-state index contributed by atoms with van der Waals surface area (Å²) in [4.78, 5) is 13.4. The van der Waals surface area contributed by atoms with Crippen molar-refractivity contribution in [1.82, 2.24) is 9.21 Å². The van der Waals surface area contributed by atoms with Crippen LogP contribution in [0.15, 0.2) is 45.7 Å². The number of rotatable bonds is 3. The molecule has 0 atom stereocenters. The molecule has 1 aromatic heterocycles. The summed E-state index contributed by atoms with van der Waals surface area (Å²) in [5.41, 5.74) is 1.27. The molecule has 0 bridgehead atoms. The van der Waals surface area contributed by atoms with Gasteiger partial charge in [-0.15, -0.1) is 0 Å². The average Bonchev–Trinajstić information content (AvgIpc) is 3.08. The average molecular weight is 438 g/mol. The normalized spacial score (nSPS) is 15.7. The summed E-state index contributed by atoms with van der Waals surface area (Å²) in [6.45, 7) is 1.61. The fourth-order valence-corrected chi connectivity index (χ4v) is 4.98. The van der Waals surface area contributed by atoms with Crippen LogP contribution in [0.4, 0.5) is 13.2 Å². The predicted octanol–water partition coefficient (Wildman–Crippen LogP) is 3.31. The number of fused-ring (bicyclic) bond motifs is 1. The number of nitrogens with zero attached hydrogens (tertiary/aromatic N) is 2. The SMILES string of the molecule is Cc1c(C(=O)N2CCN(S(=O)(=O)c3ccc(F)c(F)c3F)CC2)oc2ccccc12. The van der Waals surface area contributed by atoms with E-state index in [2.05, 4.69) is 0 Å². The second kappa shape index (κ2) is 7.44. The third kappa shape index (κ3) is 3.25. The first kappa shape index (κ1) is 20.4. The van der Waals surface area contributed by atoms with Crippen molar-refractivity contribution in [2.75, 3.05) is 26.2 Å². The maximum absolute atomic E-state index is 14.0. The first-order chi connectivity index (χ1) is 14.2. The van der Waals surface area contributed by atoms with E-state index < -0.39 is 32.4 Å². The van der Waals surface area contributed by atoms with Crippen molar-refractivity contribution in [2.45, 2.75) is 11.8 Å². The molecule has 158 valence electrons. The van der Waals surface area contributed by atoms with Crippen molar-refractivity contribution in [2.24, 2.45) is 0 Å². The van der Waals surface area contributed by atoms with Crippen LogP contribution < -0.4 is 0 Å². The van der Waals surface area contributed by atoms with Gasteiger partial charge in [-0.2, -0.15) is 4.31 Å². The van der Waals surface area contributed by atoms with E-state index in [0.29, 0.717) is 23.3 Å². The Morgan fingerprint density at radius 2 is 1.63 bits per heavy atom. The van der Waals surface area contributed by atoms with Crippen molar-refractivity contribution in [3.63, 3.8) is 0 Å². The van der Waals surface area contributed by atoms with Crippen molar-refractivity contribution in [1.29, 1.82) is 0 Å². The van der Waals surface area contributed by atoms with E-state index in [0.717, 1.165) is 9.69 Å². The van der Waals surface area contributed by atoms with Crippen molar-refractivity contribution in [3.05, 3.63) is 65.2 Å². The molecular weight excluding hydrogens is 421 g/mol. The smallest absolute Gasteiger partial charge is 0.289 e. The Morgan fingerprint density at radius 1 is 0.967 bits per heavy atom. The minimum absolute atomic E-state index is 0.0415. The zero-order valence-corrected chi connectivity index (χ0v) is 16.7. The van der Waals surface area contributed by atoms with E-state index in [4.69, 9.17) is 4.42 Å². The Balaban J connectivity index is 1.53. The van der Waals surface area contributed by atoms with Gasteiger partial charge in [0.15, 0.2) is 23.2 Å². The van der Waals surface area contributed by atoms with Crippen LogP contribution in [0.2, 0.25) is 0 Å². The van der Waals surface area contributed by atoms with Crippen LogP contribution in [-0.2, 0) is 10.0 Å². The molecule has 0 radical (unpaired) electrons. The van der Waals surface area contributed by atoms with Gasteiger partial charge in [0, 0.05) is 37.1 Å². The number of sulfonamides is 1. The fraction of sp³-hybridized carbons (Fsp3) is 0.250. The number of aryl methyl sites for hydroxylation is 1. The summed E-state index contributed by atoms with van der Waals surface area (Å²) in [6, 6.07) is 8.47. The van der Waals surface area contributed by atoms with Gasteiger partial charge in [0.05, 0.1) is 0 Å². The monoisotopic (exact) mass is 438 g/mol. The van der Waals surface area contributed by atoms with Gasteiger partial charge in [-0.25, -0.2) is 21.6 Å². The highest BCUT2D eigenvalue weighted by atomic mass is 32.2. The van der Waals surface area contributed by atoms with Crippen molar-refractivity contribution >= 4 is 26.9 Å². The largest absolute Gasteiger partial charge is 0.451 e. The third-order valence-corrected chi connectivity index (χ3v) is 7.10. The van der Waals surface area contributed by atoms with Crippen LogP contribution in [0.25, 0.3) is 11.0 Å². The topological polar surface area (TPSA) is 70.8 Å². The molecule has 1 aliphatic rings. The summed E-state index contributed by atoms with van der Waals surface area (Å²) in [5.74, 6) is -5.27. The van der Waals surface area contributed by atoms with Gasteiger partial charge in [-0.1, -0.05) is 18.2 Å². The Morgan fingerprint density at radius 3 is 2.30 bits per heavy atom. The number of halogens is 3. The van der Waals surface area contributed by atoms with E-state index in [1.807, 2.05) is 12.1 Å². The molecule has 6 nitrogen and oxygen atoms in total. The highest BCUT2D eigenvalue weighted by Crippen LogP contribution is 2.27. The minimum atomic E-state index is -4.38. The maximum atomic E-state index is 14.0. The Bertz CT molecular complexity index is 1250. The van der Waals surface area contributed by atoms with Crippen LogP contribution in [0.5, 0.6) is 0 Å². The lowest BCUT2D eigenvalue weighted by atomic mass is 10.1. The lowest BCUT2D eigenvalue weighted by Gasteiger charge is -2.33. The van der Waals surface area contributed by atoms with Crippen LogP contribution in [0, 0.1) is 24.4 Å². The van der Waals surface area contributed by atoms with E-state index in [1.165, 1.54) is 4.90 Å². The molecule has 2 aromatic carbocycles. The Labute approximate surface area is 170 Å². The zero-order valence-electron chi connectivity index (χ0n) is 15.9. The number of hydrogen-bond acceptors (Lipinski definition) is 4. The van der Waals surface area contributed by atoms with Gasteiger partial charge in [-0.05, 0) is 25.1 Å². The lowest BCUT2D eigenvalue weighted by Crippen LogP contribution is -2.50. The number of para-hydroxylation sites is 1. The quantitative estimate of drug-likeness (QED) is 0.589. The molecule has 10 heteroatoms. The highest BCUT2D eigenvalue weighted by Gasteiger charge is 2.34.